The minimum atomic E-state index is 1.05. The highest BCUT2D eigenvalue weighted by molar-refractivity contribution is 5.72. The SMILES string of the molecule is Cc1ccc2c(c1)N(C)CCN2. The van der Waals surface area contributed by atoms with Crippen LogP contribution in [0.4, 0.5) is 11.4 Å². The summed E-state index contributed by atoms with van der Waals surface area (Å²) in [4.78, 5) is 2.29. The van der Waals surface area contributed by atoms with Gasteiger partial charge in [0.1, 0.15) is 0 Å². The molecule has 0 aliphatic carbocycles. The number of fused-ring (bicyclic) bond motifs is 1. The number of rotatable bonds is 0. The van der Waals surface area contributed by atoms with Crippen LogP contribution >= 0.6 is 0 Å². The summed E-state index contributed by atoms with van der Waals surface area (Å²) in [5, 5.41) is 3.38. The van der Waals surface area contributed by atoms with Crippen molar-refractivity contribution in [1.29, 1.82) is 0 Å². The highest BCUT2D eigenvalue weighted by Gasteiger charge is 2.11. The topological polar surface area (TPSA) is 15.3 Å². The van der Waals surface area contributed by atoms with Gasteiger partial charge in [-0.1, -0.05) is 6.07 Å². The summed E-state index contributed by atoms with van der Waals surface area (Å²) in [5.74, 6) is 0. The van der Waals surface area contributed by atoms with Gasteiger partial charge in [0.25, 0.3) is 0 Å². The van der Waals surface area contributed by atoms with Crippen LogP contribution in [0.1, 0.15) is 5.56 Å². The van der Waals surface area contributed by atoms with Crippen molar-refractivity contribution in [2.75, 3.05) is 30.4 Å². The lowest BCUT2D eigenvalue weighted by Crippen LogP contribution is -2.30. The van der Waals surface area contributed by atoms with Crippen LogP contribution in [0.5, 0.6) is 0 Å². The second-order valence-corrected chi connectivity index (χ2v) is 3.37. The molecule has 0 atom stereocenters. The summed E-state index contributed by atoms with van der Waals surface area (Å²) in [6, 6.07) is 6.52. The van der Waals surface area contributed by atoms with Crippen LogP contribution in [-0.4, -0.2) is 20.1 Å². The van der Waals surface area contributed by atoms with Gasteiger partial charge in [-0.2, -0.15) is 0 Å². The summed E-state index contributed by atoms with van der Waals surface area (Å²) in [7, 11) is 2.14. The lowest BCUT2D eigenvalue weighted by atomic mass is 10.1. The molecule has 0 amide bonds. The average Bonchev–Trinajstić information content (AvgIpc) is 2.07. The van der Waals surface area contributed by atoms with E-state index in [9.17, 15) is 0 Å². The summed E-state index contributed by atoms with van der Waals surface area (Å²) in [6.45, 7) is 4.27. The highest BCUT2D eigenvalue weighted by atomic mass is 15.2. The third kappa shape index (κ3) is 1.13. The smallest absolute Gasteiger partial charge is 0.0602 e. The maximum absolute atomic E-state index is 3.38. The zero-order valence-electron chi connectivity index (χ0n) is 7.59. The van der Waals surface area contributed by atoms with E-state index in [1.165, 1.54) is 16.9 Å². The third-order valence-electron chi connectivity index (χ3n) is 2.33. The second-order valence-electron chi connectivity index (χ2n) is 3.37. The van der Waals surface area contributed by atoms with E-state index in [1.54, 1.807) is 0 Å². The first-order chi connectivity index (χ1) is 5.77. The molecule has 1 aromatic carbocycles. The Morgan fingerprint density at radius 2 is 2.25 bits per heavy atom. The van der Waals surface area contributed by atoms with E-state index < -0.39 is 0 Å². The fraction of sp³-hybridized carbons (Fsp3) is 0.400. The number of nitrogens with one attached hydrogen (secondary N) is 1. The van der Waals surface area contributed by atoms with E-state index in [2.05, 4.69) is 42.4 Å². The van der Waals surface area contributed by atoms with Gasteiger partial charge in [0.2, 0.25) is 0 Å². The Bertz CT molecular complexity index is 294. The van der Waals surface area contributed by atoms with E-state index in [-0.39, 0.29) is 0 Å². The third-order valence-corrected chi connectivity index (χ3v) is 2.33. The first-order valence-electron chi connectivity index (χ1n) is 4.33. The molecular formula is C10H14N2. The molecule has 0 aromatic heterocycles. The Balaban J connectivity index is 2.47. The summed E-state index contributed by atoms with van der Waals surface area (Å²) < 4.78 is 0. The number of hydrogen-bond acceptors (Lipinski definition) is 2. The van der Waals surface area contributed by atoms with Crippen LogP contribution in [0, 0.1) is 6.92 Å². The maximum atomic E-state index is 3.38. The fourth-order valence-electron chi connectivity index (χ4n) is 1.59. The number of anilines is 2. The first-order valence-corrected chi connectivity index (χ1v) is 4.33. The molecule has 2 nitrogen and oxygen atoms in total. The minimum Gasteiger partial charge on any atom is -0.382 e. The lowest BCUT2D eigenvalue weighted by Gasteiger charge is -2.28. The standard InChI is InChI=1S/C10H14N2/c1-8-3-4-9-10(7-8)12(2)6-5-11-9/h3-4,7,11H,5-6H2,1-2H3. The van der Waals surface area contributed by atoms with E-state index in [0.717, 1.165) is 13.1 Å². The van der Waals surface area contributed by atoms with Gasteiger partial charge in [-0.25, -0.2) is 0 Å². The monoisotopic (exact) mass is 162 g/mol. The zero-order valence-corrected chi connectivity index (χ0v) is 7.59. The number of hydrogen-bond donors (Lipinski definition) is 1. The van der Waals surface area contributed by atoms with Crippen molar-refractivity contribution in [2.24, 2.45) is 0 Å². The Morgan fingerprint density at radius 3 is 3.08 bits per heavy atom. The van der Waals surface area contributed by atoms with Crippen molar-refractivity contribution < 1.29 is 0 Å². The molecular weight excluding hydrogens is 148 g/mol. The van der Waals surface area contributed by atoms with Gasteiger partial charge in [-0.05, 0) is 24.6 Å². The summed E-state index contributed by atoms with van der Waals surface area (Å²) in [6.07, 6.45) is 0. The van der Waals surface area contributed by atoms with Gasteiger partial charge < -0.3 is 10.2 Å². The van der Waals surface area contributed by atoms with Crippen molar-refractivity contribution in [3.8, 4) is 0 Å². The number of benzene rings is 1. The van der Waals surface area contributed by atoms with Crippen LogP contribution in [0.15, 0.2) is 18.2 Å². The lowest BCUT2D eigenvalue weighted by molar-refractivity contribution is 0.886. The van der Waals surface area contributed by atoms with Crippen LogP contribution in [0.25, 0.3) is 0 Å². The average molecular weight is 162 g/mol. The van der Waals surface area contributed by atoms with E-state index in [1.807, 2.05) is 0 Å². The van der Waals surface area contributed by atoms with Gasteiger partial charge in [-0.15, -0.1) is 0 Å². The normalized spacial score (nSPS) is 15.3. The molecule has 0 saturated heterocycles. The highest BCUT2D eigenvalue weighted by Crippen LogP contribution is 2.28. The van der Waals surface area contributed by atoms with Crippen LogP contribution in [0.3, 0.4) is 0 Å². The Morgan fingerprint density at radius 1 is 1.42 bits per heavy atom. The van der Waals surface area contributed by atoms with Gasteiger partial charge in [-0.3, -0.25) is 0 Å². The molecule has 1 heterocycles. The van der Waals surface area contributed by atoms with E-state index in [4.69, 9.17) is 0 Å². The number of aryl methyl sites for hydroxylation is 1. The number of nitrogens with zero attached hydrogens (tertiary/aromatic N) is 1. The van der Waals surface area contributed by atoms with E-state index >= 15 is 0 Å². The molecule has 1 aliphatic heterocycles. The Hall–Kier alpha value is -1.18. The Labute approximate surface area is 73.2 Å². The molecule has 1 N–H and O–H groups in total. The van der Waals surface area contributed by atoms with Crippen LogP contribution in [-0.2, 0) is 0 Å². The molecule has 64 valence electrons. The van der Waals surface area contributed by atoms with Gasteiger partial charge in [0.05, 0.1) is 11.4 Å². The van der Waals surface area contributed by atoms with Crippen molar-refractivity contribution >= 4 is 11.4 Å². The fourth-order valence-corrected chi connectivity index (χ4v) is 1.59. The summed E-state index contributed by atoms with van der Waals surface area (Å²) in [5.41, 5.74) is 3.90. The second kappa shape index (κ2) is 2.70. The predicted molar refractivity (Wildman–Crippen MR) is 52.9 cm³/mol. The molecule has 2 heteroatoms. The van der Waals surface area contributed by atoms with E-state index in [0.29, 0.717) is 0 Å². The summed E-state index contributed by atoms with van der Waals surface area (Å²) >= 11 is 0. The molecule has 0 saturated carbocycles. The molecule has 1 aromatic rings. The van der Waals surface area contributed by atoms with Crippen molar-refractivity contribution in [3.63, 3.8) is 0 Å². The number of likely N-dealkylation sites (N-methyl/N-ethyl adjacent to an activating group) is 1. The largest absolute Gasteiger partial charge is 0.382 e. The molecule has 0 fully saturated rings. The van der Waals surface area contributed by atoms with Crippen LogP contribution < -0.4 is 10.2 Å². The van der Waals surface area contributed by atoms with Gasteiger partial charge >= 0.3 is 0 Å². The molecule has 0 spiro atoms. The molecule has 2 rings (SSSR count). The van der Waals surface area contributed by atoms with Gasteiger partial charge in [0.15, 0.2) is 0 Å². The molecule has 0 radical (unpaired) electrons. The molecule has 0 bridgehead atoms. The Kier molecular flexibility index (Phi) is 1.68. The predicted octanol–water partition coefficient (Wildman–Crippen LogP) is 1.86. The van der Waals surface area contributed by atoms with Crippen LogP contribution in [0.2, 0.25) is 0 Å². The first kappa shape index (κ1) is 7.47. The van der Waals surface area contributed by atoms with Crippen molar-refractivity contribution in [1.82, 2.24) is 0 Å². The molecule has 12 heavy (non-hydrogen) atoms. The van der Waals surface area contributed by atoms with Gasteiger partial charge in [0, 0.05) is 20.1 Å². The molecule has 0 unspecified atom stereocenters. The van der Waals surface area contributed by atoms with Crippen molar-refractivity contribution in [2.45, 2.75) is 6.92 Å². The zero-order chi connectivity index (χ0) is 8.55. The van der Waals surface area contributed by atoms with Crippen molar-refractivity contribution in [3.05, 3.63) is 23.8 Å². The maximum Gasteiger partial charge on any atom is 0.0602 e. The minimum absolute atomic E-state index is 1.05. The molecule has 1 aliphatic rings. The quantitative estimate of drug-likeness (QED) is 0.626.